The molecule has 4 nitrogen and oxygen atoms in total. The van der Waals surface area contributed by atoms with Crippen molar-refractivity contribution < 1.29 is 8.42 Å². The van der Waals surface area contributed by atoms with Gasteiger partial charge in [-0.25, -0.2) is 8.42 Å². The zero-order valence-electron chi connectivity index (χ0n) is 15.9. The summed E-state index contributed by atoms with van der Waals surface area (Å²) in [7, 11) is -1.90. The number of aryl methyl sites for hydroxylation is 1. The molecule has 0 amide bonds. The number of para-hydroxylation sites is 1. The Hall–Kier alpha value is -2.53. The molecule has 0 unspecified atom stereocenters. The van der Waals surface area contributed by atoms with Crippen LogP contribution in [-0.4, -0.2) is 24.8 Å². The molecule has 0 fully saturated rings. The number of likely N-dealkylation sites (N-methyl/N-ethyl adjacent to an activating group) is 1. The summed E-state index contributed by atoms with van der Waals surface area (Å²) < 4.78 is 28.0. The van der Waals surface area contributed by atoms with E-state index in [1.54, 1.807) is 19.2 Å². The van der Waals surface area contributed by atoms with Gasteiger partial charge in [-0.2, -0.15) is 0 Å². The van der Waals surface area contributed by atoms with Crippen LogP contribution in [0.15, 0.2) is 70.9 Å². The van der Waals surface area contributed by atoms with E-state index in [0.717, 1.165) is 40.6 Å². The molecule has 4 rings (SSSR count). The van der Waals surface area contributed by atoms with Crippen molar-refractivity contribution in [3.05, 3.63) is 77.1 Å². The van der Waals surface area contributed by atoms with Crippen molar-refractivity contribution in [2.75, 3.05) is 7.05 Å². The average molecular weight is 381 g/mol. The third-order valence-electron chi connectivity index (χ3n) is 5.59. The van der Waals surface area contributed by atoms with E-state index < -0.39 is 10.0 Å². The highest BCUT2D eigenvalue weighted by Crippen LogP contribution is 2.44. The number of aromatic nitrogens is 1. The van der Waals surface area contributed by atoms with Gasteiger partial charge in [0.25, 0.3) is 10.0 Å². The zero-order valence-corrected chi connectivity index (χ0v) is 16.7. The van der Waals surface area contributed by atoms with E-state index in [1.807, 2.05) is 44.3 Å². The normalized spacial score (nSPS) is 17.7. The Bertz CT molecular complexity index is 1120. The van der Waals surface area contributed by atoms with Gasteiger partial charge >= 0.3 is 0 Å². The number of hydrogen-bond donors (Lipinski definition) is 1. The van der Waals surface area contributed by atoms with Gasteiger partial charge in [0.05, 0.1) is 4.90 Å². The summed E-state index contributed by atoms with van der Waals surface area (Å²) in [5, 5.41) is 1.16. The molecule has 0 bridgehead atoms. The number of fused-ring (bicyclic) bond motifs is 1. The van der Waals surface area contributed by atoms with Crippen molar-refractivity contribution in [2.45, 2.75) is 37.5 Å². The lowest BCUT2D eigenvalue weighted by Gasteiger charge is -2.26. The lowest BCUT2D eigenvalue weighted by Crippen LogP contribution is -2.28. The van der Waals surface area contributed by atoms with Crippen molar-refractivity contribution in [3.63, 3.8) is 0 Å². The van der Waals surface area contributed by atoms with Gasteiger partial charge in [0.1, 0.15) is 0 Å². The quantitative estimate of drug-likeness (QED) is 0.696. The molecule has 0 spiro atoms. The van der Waals surface area contributed by atoms with Gasteiger partial charge in [0.15, 0.2) is 0 Å². The first-order chi connectivity index (χ1) is 12.9. The van der Waals surface area contributed by atoms with Crippen molar-refractivity contribution in [2.24, 2.45) is 0 Å². The van der Waals surface area contributed by atoms with Gasteiger partial charge in [-0.1, -0.05) is 41.5 Å². The van der Waals surface area contributed by atoms with Crippen LogP contribution in [0.1, 0.15) is 36.8 Å². The molecule has 0 saturated heterocycles. The number of hydrogen-bond acceptors (Lipinski definition) is 2. The Morgan fingerprint density at radius 2 is 1.74 bits per heavy atom. The van der Waals surface area contributed by atoms with Crippen LogP contribution in [0, 0.1) is 6.92 Å². The first-order valence-electron chi connectivity index (χ1n) is 9.21. The van der Waals surface area contributed by atoms with Gasteiger partial charge < -0.3 is 4.98 Å². The lowest BCUT2D eigenvalue weighted by atomic mass is 9.96. The molecule has 1 atom stereocenters. The highest BCUT2D eigenvalue weighted by atomic mass is 32.2. The Morgan fingerprint density at radius 1 is 1.04 bits per heavy atom. The van der Waals surface area contributed by atoms with Crippen molar-refractivity contribution in [1.29, 1.82) is 0 Å². The standard InChI is InChI=1S/C22H24N2O2S/c1-15-8-11-17(12-9-15)27(25,26)24(3)22-16(2)10-13-19(22)20-14-23-21-7-5-4-6-18(20)21/h4-9,11-12,14,19,23H,10,13H2,1-3H3/t19-/m1/s1. The van der Waals surface area contributed by atoms with E-state index in [9.17, 15) is 8.42 Å². The van der Waals surface area contributed by atoms with Crippen LogP contribution in [-0.2, 0) is 10.0 Å². The van der Waals surface area contributed by atoms with Crippen LogP contribution >= 0.6 is 0 Å². The van der Waals surface area contributed by atoms with Crippen molar-refractivity contribution in [3.8, 4) is 0 Å². The minimum Gasteiger partial charge on any atom is -0.361 e. The second kappa shape index (κ2) is 6.57. The van der Waals surface area contributed by atoms with E-state index in [1.165, 1.54) is 9.87 Å². The molecular formula is C22H24N2O2S. The second-order valence-electron chi connectivity index (χ2n) is 7.33. The van der Waals surface area contributed by atoms with Crippen LogP contribution in [0.5, 0.6) is 0 Å². The summed E-state index contributed by atoms with van der Waals surface area (Å²) in [6.45, 7) is 4.00. The van der Waals surface area contributed by atoms with Gasteiger partial charge in [0.2, 0.25) is 0 Å². The summed E-state index contributed by atoms with van der Waals surface area (Å²) >= 11 is 0. The van der Waals surface area contributed by atoms with E-state index in [4.69, 9.17) is 0 Å². The van der Waals surface area contributed by atoms with Gasteiger partial charge in [0, 0.05) is 35.8 Å². The number of H-pyrrole nitrogens is 1. The molecular weight excluding hydrogens is 356 g/mol. The zero-order chi connectivity index (χ0) is 19.2. The fourth-order valence-electron chi connectivity index (χ4n) is 4.09. The number of allylic oxidation sites excluding steroid dienone is 2. The predicted molar refractivity (Wildman–Crippen MR) is 109 cm³/mol. The summed E-state index contributed by atoms with van der Waals surface area (Å²) in [5.41, 5.74) is 5.34. The Balaban J connectivity index is 1.76. The first-order valence-corrected chi connectivity index (χ1v) is 10.6. The maximum Gasteiger partial charge on any atom is 0.263 e. The second-order valence-corrected chi connectivity index (χ2v) is 9.30. The molecule has 1 heterocycles. The molecule has 0 aliphatic heterocycles. The van der Waals surface area contributed by atoms with Crippen molar-refractivity contribution in [1.82, 2.24) is 9.29 Å². The molecule has 1 aliphatic carbocycles. The Morgan fingerprint density at radius 3 is 2.48 bits per heavy atom. The maximum absolute atomic E-state index is 13.2. The molecule has 140 valence electrons. The van der Waals surface area contributed by atoms with E-state index in [0.29, 0.717) is 4.90 Å². The van der Waals surface area contributed by atoms with Gasteiger partial charge in [-0.3, -0.25) is 4.31 Å². The summed E-state index contributed by atoms with van der Waals surface area (Å²) in [5.74, 6) is 0.0753. The van der Waals surface area contributed by atoms with Crippen LogP contribution in [0.3, 0.4) is 0 Å². The highest BCUT2D eigenvalue weighted by molar-refractivity contribution is 7.89. The molecule has 5 heteroatoms. The van der Waals surface area contributed by atoms with Crippen LogP contribution in [0.2, 0.25) is 0 Å². The number of nitrogens with zero attached hydrogens (tertiary/aromatic N) is 1. The smallest absolute Gasteiger partial charge is 0.263 e. The van der Waals surface area contributed by atoms with E-state index >= 15 is 0 Å². The minimum absolute atomic E-state index is 0.0753. The summed E-state index contributed by atoms with van der Waals surface area (Å²) in [6, 6.07) is 15.2. The van der Waals surface area contributed by atoms with Crippen LogP contribution in [0.4, 0.5) is 0 Å². The average Bonchev–Trinajstić information content (AvgIpc) is 3.24. The van der Waals surface area contributed by atoms with E-state index in [2.05, 4.69) is 17.1 Å². The Labute approximate surface area is 160 Å². The fourth-order valence-corrected chi connectivity index (χ4v) is 5.43. The monoisotopic (exact) mass is 380 g/mol. The fraction of sp³-hybridized carbons (Fsp3) is 0.273. The number of sulfonamides is 1. The number of benzene rings is 2. The highest BCUT2D eigenvalue weighted by Gasteiger charge is 2.34. The molecule has 2 aromatic carbocycles. The van der Waals surface area contributed by atoms with E-state index in [-0.39, 0.29) is 5.92 Å². The molecule has 1 aromatic heterocycles. The molecule has 0 radical (unpaired) electrons. The first kappa shape index (κ1) is 17.9. The SMILES string of the molecule is CC1=C(N(C)S(=O)(=O)c2ccc(C)cc2)[C@@H](c2c[nH]c3ccccc23)CC1. The van der Waals surface area contributed by atoms with Crippen LogP contribution < -0.4 is 0 Å². The Kier molecular flexibility index (Phi) is 4.35. The lowest BCUT2D eigenvalue weighted by molar-refractivity contribution is 0.503. The number of nitrogens with one attached hydrogen (secondary N) is 1. The molecule has 3 aromatic rings. The summed E-state index contributed by atoms with van der Waals surface area (Å²) in [4.78, 5) is 3.66. The van der Waals surface area contributed by atoms with Crippen LogP contribution in [0.25, 0.3) is 10.9 Å². The predicted octanol–water partition coefficient (Wildman–Crippen LogP) is 4.95. The van der Waals surface area contributed by atoms with Gasteiger partial charge in [-0.15, -0.1) is 0 Å². The third kappa shape index (κ3) is 2.96. The third-order valence-corrected chi connectivity index (χ3v) is 7.38. The summed E-state index contributed by atoms with van der Waals surface area (Å²) in [6.07, 6.45) is 3.87. The maximum atomic E-state index is 13.2. The molecule has 1 N–H and O–H groups in total. The van der Waals surface area contributed by atoms with Crippen molar-refractivity contribution >= 4 is 20.9 Å². The molecule has 1 aliphatic rings. The largest absolute Gasteiger partial charge is 0.361 e. The number of aromatic amines is 1. The molecule has 0 saturated carbocycles. The topological polar surface area (TPSA) is 53.2 Å². The molecule has 27 heavy (non-hydrogen) atoms. The number of rotatable bonds is 4. The van der Waals surface area contributed by atoms with Gasteiger partial charge in [-0.05, 0) is 50.5 Å². The minimum atomic E-state index is -3.58.